The number of carboxylic acids is 1. The number of hydrogen-bond donors (Lipinski definition) is 1. The first-order chi connectivity index (χ1) is 14.0. The van der Waals surface area contributed by atoms with Gasteiger partial charge < -0.3 is 5.11 Å². The summed E-state index contributed by atoms with van der Waals surface area (Å²) in [5.74, 6) is 1.14. The quantitative estimate of drug-likeness (QED) is 0.202. The fourth-order valence-electron chi connectivity index (χ4n) is 3.51. The summed E-state index contributed by atoms with van der Waals surface area (Å²) in [4.78, 5) is 10.3. The molecule has 0 spiro atoms. The SMILES string of the molecule is CCCCC(C)C(C)C.CCCCCCCCCCCCCCCCCC(=O)O. The van der Waals surface area contributed by atoms with E-state index in [0.29, 0.717) is 6.42 Å². The molecule has 1 N–H and O–H groups in total. The Kier molecular flexibility index (Phi) is 27.0. The van der Waals surface area contributed by atoms with Gasteiger partial charge in [-0.2, -0.15) is 0 Å². The van der Waals surface area contributed by atoms with Gasteiger partial charge in [-0.15, -0.1) is 0 Å². The third-order valence-corrected chi connectivity index (χ3v) is 6.15. The normalized spacial score (nSPS) is 11.9. The lowest BCUT2D eigenvalue weighted by Crippen LogP contribution is -2.02. The number of unbranched alkanes of at least 4 members (excludes halogenated alkanes) is 15. The summed E-state index contributed by atoms with van der Waals surface area (Å²) < 4.78 is 0. The van der Waals surface area contributed by atoms with Crippen molar-refractivity contribution in [3.63, 3.8) is 0 Å². The summed E-state index contributed by atoms with van der Waals surface area (Å²) in [5, 5.41) is 8.52. The molecule has 2 heteroatoms. The van der Waals surface area contributed by atoms with Gasteiger partial charge in [0.15, 0.2) is 0 Å². The molecule has 0 heterocycles. The van der Waals surface area contributed by atoms with E-state index in [4.69, 9.17) is 5.11 Å². The van der Waals surface area contributed by atoms with Gasteiger partial charge in [-0.1, -0.05) is 144 Å². The van der Waals surface area contributed by atoms with E-state index in [1.165, 1.54) is 103 Å². The summed E-state index contributed by atoms with van der Waals surface area (Å²) in [7, 11) is 0. The first-order valence-electron chi connectivity index (χ1n) is 13.2. The lowest BCUT2D eigenvalue weighted by Gasteiger charge is -2.13. The third-order valence-electron chi connectivity index (χ3n) is 6.15. The Bertz CT molecular complexity index is 312. The average molecular weight is 413 g/mol. The van der Waals surface area contributed by atoms with Crippen LogP contribution in [0, 0.1) is 11.8 Å². The van der Waals surface area contributed by atoms with Crippen molar-refractivity contribution in [2.75, 3.05) is 0 Å². The van der Waals surface area contributed by atoms with E-state index in [-0.39, 0.29) is 0 Å². The molecular formula is C27H56O2. The highest BCUT2D eigenvalue weighted by molar-refractivity contribution is 5.66. The fourth-order valence-corrected chi connectivity index (χ4v) is 3.51. The zero-order valence-corrected chi connectivity index (χ0v) is 20.9. The molecule has 0 amide bonds. The van der Waals surface area contributed by atoms with Gasteiger partial charge in [0.05, 0.1) is 0 Å². The van der Waals surface area contributed by atoms with Gasteiger partial charge >= 0.3 is 5.97 Å². The van der Waals surface area contributed by atoms with E-state index in [9.17, 15) is 4.79 Å². The highest BCUT2D eigenvalue weighted by atomic mass is 16.4. The van der Waals surface area contributed by atoms with Gasteiger partial charge in [0.2, 0.25) is 0 Å². The standard InChI is InChI=1S/C18H36O2.C9H20/c1-2-3-4-5-6-7-8-9-10-11-12-13-14-15-16-17-18(19)20;1-5-6-7-9(4)8(2)3/h2-17H2,1H3,(H,19,20);8-9H,5-7H2,1-4H3. The van der Waals surface area contributed by atoms with E-state index >= 15 is 0 Å². The Morgan fingerprint density at radius 3 is 1.24 bits per heavy atom. The maximum absolute atomic E-state index is 10.3. The van der Waals surface area contributed by atoms with Gasteiger partial charge in [-0.3, -0.25) is 4.79 Å². The Labute approximate surface area is 184 Å². The van der Waals surface area contributed by atoms with Crippen molar-refractivity contribution in [3.05, 3.63) is 0 Å². The van der Waals surface area contributed by atoms with Crippen LogP contribution in [-0.2, 0) is 4.79 Å². The Hall–Kier alpha value is -0.530. The van der Waals surface area contributed by atoms with Gasteiger partial charge in [-0.05, 0) is 18.3 Å². The van der Waals surface area contributed by atoms with Crippen LogP contribution in [0.15, 0.2) is 0 Å². The monoisotopic (exact) mass is 412 g/mol. The fraction of sp³-hybridized carbons (Fsp3) is 0.963. The number of aliphatic carboxylic acids is 1. The summed E-state index contributed by atoms with van der Waals surface area (Å²) in [6, 6.07) is 0. The zero-order chi connectivity index (χ0) is 22.2. The molecule has 0 rings (SSSR count). The average Bonchev–Trinajstić information content (AvgIpc) is 2.69. The van der Waals surface area contributed by atoms with Crippen molar-refractivity contribution in [1.29, 1.82) is 0 Å². The van der Waals surface area contributed by atoms with Crippen LogP contribution in [0.2, 0.25) is 0 Å². The lowest BCUT2D eigenvalue weighted by molar-refractivity contribution is -0.137. The van der Waals surface area contributed by atoms with E-state index in [1.807, 2.05) is 0 Å². The van der Waals surface area contributed by atoms with Crippen molar-refractivity contribution in [1.82, 2.24) is 0 Å². The van der Waals surface area contributed by atoms with Crippen molar-refractivity contribution < 1.29 is 9.90 Å². The van der Waals surface area contributed by atoms with Crippen molar-refractivity contribution in [2.24, 2.45) is 11.8 Å². The summed E-state index contributed by atoms with van der Waals surface area (Å²) in [5.41, 5.74) is 0. The molecule has 0 aromatic rings. The second kappa shape index (κ2) is 25.5. The molecule has 0 saturated heterocycles. The smallest absolute Gasteiger partial charge is 0.303 e. The van der Waals surface area contributed by atoms with Crippen LogP contribution >= 0.6 is 0 Å². The van der Waals surface area contributed by atoms with Crippen molar-refractivity contribution in [3.8, 4) is 0 Å². The number of carbonyl (C=O) groups is 1. The van der Waals surface area contributed by atoms with E-state index in [2.05, 4.69) is 34.6 Å². The Morgan fingerprint density at radius 1 is 0.586 bits per heavy atom. The van der Waals surface area contributed by atoms with E-state index in [0.717, 1.165) is 24.7 Å². The van der Waals surface area contributed by atoms with Gasteiger partial charge in [0.25, 0.3) is 0 Å². The first-order valence-corrected chi connectivity index (χ1v) is 13.2. The maximum atomic E-state index is 10.3. The summed E-state index contributed by atoms with van der Waals surface area (Å²) >= 11 is 0. The van der Waals surface area contributed by atoms with E-state index < -0.39 is 5.97 Å². The molecule has 176 valence electrons. The lowest BCUT2D eigenvalue weighted by atomic mass is 9.93. The van der Waals surface area contributed by atoms with Gasteiger partial charge in [0, 0.05) is 6.42 Å². The second-order valence-corrected chi connectivity index (χ2v) is 9.46. The topological polar surface area (TPSA) is 37.3 Å². The molecule has 2 nitrogen and oxygen atoms in total. The number of rotatable bonds is 20. The summed E-state index contributed by atoms with van der Waals surface area (Å²) in [6.45, 7) is 11.5. The van der Waals surface area contributed by atoms with Crippen LogP contribution < -0.4 is 0 Å². The van der Waals surface area contributed by atoms with Crippen LogP contribution in [0.4, 0.5) is 0 Å². The first kappa shape index (κ1) is 30.7. The van der Waals surface area contributed by atoms with Crippen LogP contribution in [0.1, 0.15) is 157 Å². The van der Waals surface area contributed by atoms with E-state index in [1.54, 1.807) is 0 Å². The molecule has 0 saturated carbocycles. The molecule has 0 aromatic carbocycles. The number of carboxylic acid groups (broad SMARTS) is 1. The molecular weight excluding hydrogens is 356 g/mol. The van der Waals surface area contributed by atoms with Crippen molar-refractivity contribution >= 4 is 5.97 Å². The second-order valence-electron chi connectivity index (χ2n) is 9.46. The molecule has 1 atom stereocenters. The predicted molar refractivity (Wildman–Crippen MR) is 131 cm³/mol. The molecule has 0 aliphatic heterocycles. The molecule has 0 radical (unpaired) electrons. The van der Waals surface area contributed by atoms with Crippen LogP contribution in [0.25, 0.3) is 0 Å². The zero-order valence-electron chi connectivity index (χ0n) is 20.9. The van der Waals surface area contributed by atoms with Crippen LogP contribution in [-0.4, -0.2) is 11.1 Å². The molecule has 1 unspecified atom stereocenters. The molecule has 0 aliphatic rings. The Morgan fingerprint density at radius 2 is 0.931 bits per heavy atom. The minimum atomic E-state index is -0.653. The third kappa shape index (κ3) is 29.8. The van der Waals surface area contributed by atoms with Gasteiger partial charge in [0.1, 0.15) is 0 Å². The number of hydrogen-bond acceptors (Lipinski definition) is 1. The predicted octanol–water partition coefficient (Wildman–Crippen LogP) is 9.80. The van der Waals surface area contributed by atoms with Crippen LogP contribution in [0.5, 0.6) is 0 Å². The molecule has 0 fully saturated rings. The maximum Gasteiger partial charge on any atom is 0.303 e. The highest BCUT2D eigenvalue weighted by Gasteiger charge is 2.04. The van der Waals surface area contributed by atoms with Crippen LogP contribution in [0.3, 0.4) is 0 Å². The van der Waals surface area contributed by atoms with Crippen molar-refractivity contribution in [2.45, 2.75) is 157 Å². The minimum Gasteiger partial charge on any atom is -0.481 e. The summed E-state index contributed by atoms with van der Waals surface area (Å²) in [6.07, 6.45) is 24.4. The molecule has 0 aliphatic carbocycles. The molecule has 0 aromatic heterocycles. The van der Waals surface area contributed by atoms with Gasteiger partial charge in [-0.25, -0.2) is 0 Å². The highest BCUT2D eigenvalue weighted by Crippen LogP contribution is 2.16. The minimum absolute atomic E-state index is 0.345. The molecule has 0 bridgehead atoms. The molecule has 29 heavy (non-hydrogen) atoms. The largest absolute Gasteiger partial charge is 0.481 e. The Balaban J connectivity index is 0.